The van der Waals surface area contributed by atoms with Gasteiger partial charge in [-0.05, 0) is 41.2 Å². The van der Waals surface area contributed by atoms with Crippen LogP contribution in [0.5, 0.6) is 0 Å². The van der Waals surface area contributed by atoms with Crippen LogP contribution in [0.25, 0.3) is 11.1 Å². The average molecular weight is 271 g/mol. The fourth-order valence-electron chi connectivity index (χ4n) is 1.96. The van der Waals surface area contributed by atoms with Gasteiger partial charge >= 0.3 is 0 Å². The van der Waals surface area contributed by atoms with E-state index in [1.165, 1.54) is 34.7 Å². The summed E-state index contributed by atoms with van der Waals surface area (Å²) in [6.07, 6.45) is 1.22. The summed E-state index contributed by atoms with van der Waals surface area (Å²) in [5.41, 5.74) is 3.75. The Hall–Kier alpha value is -1.41. The highest BCUT2D eigenvalue weighted by molar-refractivity contribution is 7.99. The first-order valence-electron chi connectivity index (χ1n) is 6.87. The second-order valence-corrected chi connectivity index (χ2v) is 5.81. The summed E-state index contributed by atoms with van der Waals surface area (Å²) in [4.78, 5) is 0. The third-order valence-corrected chi connectivity index (χ3v) is 3.98. The van der Waals surface area contributed by atoms with E-state index in [1.807, 2.05) is 17.8 Å². The van der Waals surface area contributed by atoms with Gasteiger partial charge in [-0.2, -0.15) is 11.8 Å². The lowest BCUT2D eigenvalue weighted by Crippen LogP contribution is -2.02. The molecule has 0 aromatic heterocycles. The smallest absolute Gasteiger partial charge is 0.0340 e. The highest BCUT2D eigenvalue weighted by Gasteiger charge is 1.97. The van der Waals surface area contributed by atoms with Gasteiger partial charge in [-0.15, -0.1) is 0 Å². The predicted molar refractivity (Wildman–Crippen MR) is 88.0 cm³/mol. The highest BCUT2D eigenvalue weighted by atomic mass is 32.2. The Bertz CT molecular complexity index is 464. The lowest BCUT2D eigenvalue weighted by atomic mass is 10.1. The van der Waals surface area contributed by atoms with Gasteiger partial charge in [-0.1, -0.05) is 49.4 Å². The van der Waals surface area contributed by atoms with E-state index in [0.717, 1.165) is 6.54 Å². The van der Waals surface area contributed by atoms with E-state index in [2.05, 4.69) is 60.8 Å². The van der Waals surface area contributed by atoms with Crippen LogP contribution >= 0.6 is 11.8 Å². The van der Waals surface area contributed by atoms with Crippen LogP contribution in [-0.2, 0) is 0 Å². The van der Waals surface area contributed by atoms with Crippen LogP contribution in [0.4, 0.5) is 5.69 Å². The summed E-state index contributed by atoms with van der Waals surface area (Å²) in [5.74, 6) is 2.46. The summed E-state index contributed by atoms with van der Waals surface area (Å²) in [6, 6.07) is 19.2. The second kappa shape index (κ2) is 7.90. The number of thioether (sulfide) groups is 1. The Balaban J connectivity index is 1.85. The number of rotatable bonds is 7. The molecule has 0 atom stereocenters. The van der Waals surface area contributed by atoms with Gasteiger partial charge < -0.3 is 5.32 Å². The van der Waals surface area contributed by atoms with E-state index in [-0.39, 0.29) is 0 Å². The van der Waals surface area contributed by atoms with Crippen molar-refractivity contribution in [2.45, 2.75) is 13.3 Å². The van der Waals surface area contributed by atoms with E-state index in [0.29, 0.717) is 0 Å². The minimum Gasteiger partial charge on any atom is -0.385 e. The highest BCUT2D eigenvalue weighted by Crippen LogP contribution is 2.20. The van der Waals surface area contributed by atoms with E-state index in [4.69, 9.17) is 0 Å². The molecule has 0 bridgehead atoms. The molecule has 100 valence electrons. The Morgan fingerprint density at radius 3 is 2.26 bits per heavy atom. The minimum atomic E-state index is 1.05. The molecule has 1 N–H and O–H groups in total. The molecule has 0 heterocycles. The maximum absolute atomic E-state index is 3.47. The lowest BCUT2D eigenvalue weighted by molar-refractivity contribution is 0.992. The first-order valence-corrected chi connectivity index (χ1v) is 8.02. The normalized spacial score (nSPS) is 10.4. The fourth-order valence-corrected chi connectivity index (χ4v) is 2.60. The first kappa shape index (κ1) is 14.0. The monoisotopic (exact) mass is 271 g/mol. The van der Waals surface area contributed by atoms with Crippen molar-refractivity contribution < 1.29 is 0 Å². The Labute approximate surface area is 120 Å². The van der Waals surface area contributed by atoms with Crippen LogP contribution in [0.2, 0.25) is 0 Å². The summed E-state index contributed by atoms with van der Waals surface area (Å²) in [6.45, 7) is 3.26. The van der Waals surface area contributed by atoms with Crippen molar-refractivity contribution in [3.63, 3.8) is 0 Å². The number of hydrogen-bond donors (Lipinski definition) is 1. The van der Waals surface area contributed by atoms with Crippen LogP contribution in [0, 0.1) is 0 Å². The first-order chi connectivity index (χ1) is 9.40. The van der Waals surface area contributed by atoms with Crippen molar-refractivity contribution in [3.05, 3.63) is 54.6 Å². The molecule has 0 aliphatic heterocycles. The molecule has 2 rings (SSSR count). The van der Waals surface area contributed by atoms with Crippen molar-refractivity contribution in [2.24, 2.45) is 0 Å². The molecule has 2 heteroatoms. The van der Waals surface area contributed by atoms with Crippen molar-refractivity contribution in [1.82, 2.24) is 0 Å². The zero-order chi connectivity index (χ0) is 13.3. The quantitative estimate of drug-likeness (QED) is 0.718. The van der Waals surface area contributed by atoms with Crippen LogP contribution in [0.15, 0.2) is 54.6 Å². The van der Waals surface area contributed by atoms with Gasteiger partial charge in [0.15, 0.2) is 0 Å². The molecule has 0 aliphatic rings. The van der Waals surface area contributed by atoms with E-state index in [9.17, 15) is 0 Å². The van der Waals surface area contributed by atoms with Crippen LogP contribution < -0.4 is 5.32 Å². The molecule has 2 aromatic rings. The molecule has 0 aliphatic carbocycles. The third kappa shape index (κ3) is 4.64. The van der Waals surface area contributed by atoms with Gasteiger partial charge in [0.2, 0.25) is 0 Å². The SMILES string of the molecule is CCSCCCNc1ccc(-c2ccccc2)cc1. The molecular weight excluding hydrogens is 250 g/mol. The molecule has 0 spiro atoms. The minimum absolute atomic E-state index is 1.05. The van der Waals surface area contributed by atoms with Crippen LogP contribution in [0.1, 0.15) is 13.3 Å². The van der Waals surface area contributed by atoms with Gasteiger partial charge in [-0.25, -0.2) is 0 Å². The van der Waals surface area contributed by atoms with E-state index >= 15 is 0 Å². The summed E-state index contributed by atoms with van der Waals surface area (Å²) in [5, 5.41) is 3.47. The van der Waals surface area contributed by atoms with Crippen molar-refractivity contribution in [3.8, 4) is 11.1 Å². The zero-order valence-corrected chi connectivity index (χ0v) is 12.2. The van der Waals surface area contributed by atoms with Gasteiger partial charge in [-0.3, -0.25) is 0 Å². The standard InChI is InChI=1S/C17H21NS/c1-2-19-14-6-13-18-17-11-9-16(10-12-17)15-7-4-3-5-8-15/h3-5,7-12,18H,2,6,13-14H2,1H3. The van der Waals surface area contributed by atoms with E-state index < -0.39 is 0 Å². The molecule has 0 saturated carbocycles. The molecule has 0 saturated heterocycles. The number of anilines is 1. The molecule has 0 amide bonds. The summed E-state index contributed by atoms with van der Waals surface area (Å²) < 4.78 is 0. The number of hydrogen-bond acceptors (Lipinski definition) is 2. The molecule has 1 nitrogen and oxygen atoms in total. The molecule has 2 aromatic carbocycles. The number of nitrogens with one attached hydrogen (secondary N) is 1. The topological polar surface area (TPSA) is 12.0 Å². The predicted octanol–water partition coefficient (Wildman–Crippen LogP) is 4.91. The summed E-state index contributed by atoms with van der Waals surface area (Å²) >= 11 is 2.00. The van der Waals surface area contributed by atoms with Crippen molar-refractivity contribution in [1.29, 1.82) is 0 Å². The van der Waals surface area contributed by atoms with Gasteiger partial charge in [0, 0.05) is 12.2 Å². The Morgan fingerprint density at radius 2 is 1.58 bits per heavy atom. The van der Waals surface area contributed by atoms with Gasteiger partial charge in [0.05, 0.1) is 0 Å². The maximum Gasteiger partial charge on any atom is 0.0340 e. The van der Waals surface area contributed by atoms with Crippen molar-refractivity contribution in [2.75, 3.05) is 23.4 Å². The van der Waals surface area contributed by atoms with E-state index in [1.54, 1.807) is 0 Å². The number of benzene rings is 2. The average Bonchev–Trinajstić information content (AvgIpc) is 2.49. The fraction of sp³-hybridized carbons (Fsp3) is 0.294. The molecular formula is C17H21NS. The summed E-state index contributed by atoms with van der Waals surface area (Å²) in [7, 11) is 0. The largest absolute Gasteiger partial charge is 0.385 e. The molecule has 0 fully saturated rings. The molecule has 19 heavy (non-hydrogen) atoms. The van der Waals surface area contributed by atoms with Crippen LogP contribution in [-0.4, -0.2) is 18.1 Å². The molecule has 0 radical (unpaired) electrons. The third-order valence-electron chi connectivity index (χ3n) is 2.99. The lowest BCUT2D eigenvalue weighted by Gasteiger charge is -2.07. The second-order valence-electron chi connectivity index (χ2n) is 4.42. The maximum atomic E-state index is 3.47. The Morgan fingerprint density at radius 1 is 0.895 bits per heavy atom. The Kier molecular flexibility index (Phi) is 5.83. The van der Waals surface area contributed by atoms with Gasteiger partial charge in [0.25, 0.3) is 0 Å². The molecule has 0 unspecified atom stereocenters. The van der Waals surface area contributed by atoms with Crippen LogP contribution in [0.3, 0.4) is 0 Å². The van der Waals surface area contributed by atoms with Gasteiger partial charge in [0.1, 0.15) is 0 Å². The zero-order valence-electron chi connectivity index (χ0n) is 11.4. The van der Waals surface area contributed by atoms with Crippen molar-refractivity contribution >= 4 is 17.4 Å².